The number of hydrogen-bond acceptors (Lipinski definition) is 3. The first kappa shape index (κ1) is 19.2. The molecular formula is C19H25F3N2O2. The van der Waals surface area contributed by atoms with E-state index >= 15 is 0 Å². The molecule has 2 aliphatic rings. The van der Waals surface area contributed by atoms with E-state index < -0.39 is 23.3 Å². The number of halogens is 3. The summed E-state index contributed by atoms with van der Waals surface area (Å²) in [5, 5.41) is 6.04. The summed E-state index contributed by atoms with van der Waals surface area (Å²) in [7, 11) is 0. The summed E-state index contributed by atoms with van der Waals surface area (Å²) in [6.45, 7) is 2.00. The predicted molar refractivity (Wildman–Crippen MR) is 91.8 cm³/mol. The van der Waals surface area contributed by atoms with E-state index in [1.807, 2.05) is 0 Å². The minimum Gasteiger partial charge on any atom is -0.366 e. The van der Waals surface area contributed by atoms with Crippen molar-refractivity contribution in [2.24, 2.45) is 0 Å². The van der Waals surface area contributed by atoms with Crippen LogP contribution in [-0.2, 0) is 21.1 Å². The molecular weight excluding hydrogens is 345 g/mol. The van der Waals surface area contributed by atoms with Crippen LogP contribution in [-0.4, -0.2) is 38.3 Å². The second-order valence-electron chi connectivity index (χ2n) is 7.20. The molecule has 0 bridgehead atoms. The van der Waals surface area contributed by atoms with E-state index in [0.29, 0.717) is 25.3 Å². The largest absolute Gasteiger partial charge is 0.416 e. The minimum absolute atomic E-state index is 0.200. The van der Waals surface area contributed by atoms with Crippen LogP contribution >= 0.6 is 0 Å². The maximum atomic E-state index is 13.1. The van der Waals surface area contributed by atoms with Gasteiger partial charge in [0.25, 0.3) is 0 Å². The van der Waals surface area contributed by atoms with Crippen molar-refractivity contribution < 1.29 is 22.7 Å². The Morgan fingerprint density at radius 2 is 2.04 bits per heavy atom. The number of benzene rings is 1. The molecule has 7 heteroatoms. The van der Waals surface area contributed by atoms with E-state index in [1.54, 1.807) is 6.07 Å². The zero-order chi connectivity index (χ0) is 18.6. The molecule has 1 heterocycles. The van der Waals surface area contributed by atoms with Crippen LogP contribution in [0.15, 0.2) is 24.3 Å². The third kappa shape index (κ3) is 4.38. The van der Waals surface area contributed by atoms with Crippen LogP contribution in [0.4, 0.5) is 13.2 Å². The standard InChI is InChI=1S/C19H25F3N2O2/c20-19(21,22)15-6-4-5-14(11-15)18(7-2-1-3-8-18)13-24-17(25)16-12-23-9-10-26-16/h4-6,11,16,23H,1-3,7-10,12-13H2,(H,24,25). The summed E-state index contributed by atoms with van der Waals surface area (Å²) >= 11 is 0. The molecule has 0 aromatic heterocycles. The van der Waals surface area contributed by atoms with Crippen LogP contribution in [0.5, 0.6) is 0 Å². The van der Waals surface area contributed by atoms with Gasteiger partial charge in [0.2, 0.25) is 5.91 Å². The highest BCUT2D eigenvalue weighted by Gasteiger charge is 2.37. The molecule has 1 saturated carbocycles. The Hall–Kier alpha value is -1.60. The second-order valence-corrected chi connectivity index (χ2v) is 7.20. The van der Waals surface area contributed by atoms with Crippen LogP contribution in [0.2, 0.25) is 0 Å². The van der Waals surface area contributed by atoms with E-state index in [0.717, 1.165) is 44.7 Å². The summed E-state index contributed by atoms with van der Waals surface area (Å²) in [5.41, 5.74) is -0.418. The summed E-state index contributed by atoms with van der Waals surface area (Å²) in [6.07, 6.45) is -0.371. The fourth-order valence-electron chi connectivity index (χ4n) is 3.93. The van der Waals surface area contributed by atoms with E-state index in [1.165, 1.54) is 12.1 Å². The molecule has 1 aliphatic heterocycles. The number of nitrogens with one attached hydrogen (secondary N) is 2. The molecule has 1 aliphatic carbocycles. The first-order valence-corrected chi connectivity index (χ1v) is 9.19. The number of ether oxygens (including phenoxy) is 1. The fourth-order valence-corrected chi connectivity index (χ4v) is 3.93. The van der Waals surface area contributed by atoms with E-state index in [-0.39, 0.29) is 5.91 Å². The van der Waals surface area contributed by atoms with Crippen molar-refractivity contribution in [1.29, 1.82) is 0 Å². The molecule has 1 unspecified atom stereocenters. The Kier molecular flexibility index (Phi) is 5.87. The van der Waals surface area contributed by atoms with Gasteiger partial charge in [-0.25, -0.2) is 0 Å². The number of hydrogen-bond donors (Lipinski definition) is 2. The smallest absolute Gasteiger partial charge is 0.366 e. The molecule has 144 valence electrons. The molecule has 0 spiro atoms. The van der Waals surface area contributed by atoms with Gasteiger partial charge in [-0.2, -0.15) is 13.2 Å². The number of morpholine rings is 1. The summed E-state index contributed by atoms with van der Waals surface area (Å²) < 4.78 is 44.8. The molecule has 2 N–H and O–H groups in total. The zero-order valence-corrected chi connectivity index (χ0v) is 14.7. The number of carbonyl (C=O) groups is 1. The SMILES string of the molecule is O=C(NCC1(c2cccc(C(F)(F)F)c2)CCCCC1)C1CNCCO1. The summed E-state index contributed by atoms with van der Waals surface area (Å²) in [6, 6.07) is 5.56. The van der Waals surface area contributed by atoms with E-state index in [2.05, 4.69) is 10.6 Å². The molecule has 3 rings (SSSR count). The highest BCUT2D eigenvalue weighted by Crippen LogP contribution is 2.41. The van der Waals surface area contributed by atoms with Gasteiger partial charge in [0.1, 0.15) is 6.10 Å². The number of rotatable bonds is 4. The molecule has 1 aromatic rings. The van der Waals surface area contributed by atoms with Crippen LogP contribution in [0.25, 0.3) is 0 Å². The first-order chi connectivity index (χ1) is 12.4. The lowest BCUT2D eigenvalue weighted by molar-refractivity contribution is -0.138. The van der Waals surface area contributed by atoms with Crippen LogP contribution in [0, 0.1) is 0 Å². The van der Waals surface area contributed by atoms with Crippen molar-refractivity contribution in [2.75, 3.05) is 26.2 Å². The van der Waals surface area contributed by atoms with E-state index in [4.69, 9.17) is 4.74 Å². The third-order valence-electron chi connectivity index (χ3n) is 5.43. The monoisotopic (exact) mass is 370 g/mol. The summed E-state index contributed by atoms with van der Waals surface area (Å²) in [4.78, 5) is 12.4. The highest BCUT2D eigenvalue weighted by atomic mass is 19.4. The molecule has 1 saturated heterocycles. The minimum atomic E-state index is -4.36. The topological polar surface area (TPSA) is 50.4 Å². The maximum Gasteiger partial charge on any atom is 0.416 e. The van der Waals surface area contributed by atoms with Gasteiger partial charge in [0.05, 0.1) is 12.2 Å². The molecule has 2 fully saturated rings. The van der Waals surface area contributed by atoms with Gasteiger partial charge in [-0.15, -0.1) is 0 Å². The van der Waals surface area contributed by atoms with Gasteiger partial charge < -0.3 is 15.4 Å². The average Bonchev–Trinajstić information content (AvgIpc) is 2.67. The van der Waals surface area contributed by atoms with Crippen LogP contribution in [0.3, 0.4) is 0 Å². The van der Waals surface area contributed by atoms with Gasteiger partial charge in [-0.1, -0.05) is 37.5 Å². The fraction of sp³-hybridized carbons (Fsp3) is 0.632. The lowest BCUT2D eigenvalue weighted by atomic mass is 9.69. The first-order valence-electron chi connectivity index (χ1n) is 9.19. The van der Waals surface area contributed by atoms with Crippen molar-refractivity contribution in [3.63, 3.8) is 0 Å². The van der Waals surface area contributed by atoms with E-state index in [9.17, 15) is 18.0 Å². The Morgan fingerprint density at radius 1 is 1.27 bits per heavy atom. The van der Waals surface area contributed by atoms with Crippen molar-refractivity contribution >= 4 is 5.91 Å². The van der Waals surface area contributed by atoms with Gasteiger partial charge in [-0.3, -0.25) is 4.79 Å². The van der Waals surface area contributed by atoms with Crippen molar-refractivity contribution in [1.82, 2.24) is 10.6 Å². The number of carbonyl (C=O) groups excluding carboxylic acids is 1. The molecule has 1 aromatic carbocycles. The number of alkyl halides is 3. The van der Waals surface area contributed by atoms with Gasteiger partial charge in [0.15, 0.2) is 0 Å². The Labute approximate surface area is 151 Å². The quantitative estimate of drug-likeness (QED) is 0.857. The Bertz CT molecular complexity index is 621. The maximum absolute atomic E-state index is 13.1. The Morgan fingerprint density at radius 3 is 2.69 bits per heavy atom. The van der Waals surface area contributed by atoms with Gasteiger partial charge in [-0.05, 0) is 24.5 Å². The van der Waals surface area contributed by atoms with Crippen LogP contribution < -0.4 is 10.6 Å². The summed E-state index contributed by atoms with van der Waals surface area (Å²) in [5.74, 6) is -0.200. The second kappa shape index (κ2) is 7.96. The molecule has 4 nitrogen and oxygen atoms in total. The highest BCUT2D eigenvalue weighted by molar-refractivity contribution is 5.81. The zero-order valence-electron chi connectivity index (χ0n) is 14.7. The van der Waals surface area contributed by atoms with Gasteiger partial charge >= 0.3 is 6.18 Å². The lowest BCUT2D eigenvalue weighted by Crippen LogP contribution is -2.51. The molecule has 0 radical (unpaired) electrons. The lowest BCUT2D eigenvalue weighted by Gasteiger charge is -2.39. The normalized spacial score (nSPS) is 23.4. The predicted octanol–water partition coefficient (Wildman–Crippen LogP) is 3.01. The number of amides is 1. The third-order valence-corrected chi connectivity index (χ3v) is 5.43. The van der Waals surface area contributed by atoms with Crippen molar-refractivity contribution in [3.05, 3.63) is 35.4 Å². The molecule has 26 heavy (non-hydrogen) atoms. The molecule has 1 atom stereocenters. The molecule has 1 amide bonds. The van der Waals surface area contributed by atoms with Crippen LogP contribution in [0.1, 0.15) is 43.2 Å². The average molecular weight is 370 g/mol. The van der Waals surface area contributed by atoms with Crippen molar-refractivity contribution in [2.45, 2.75) is 49.8 Å². The Balaban J connectivity index is 1.77. The van der Waals surface area contributed by atoms with Gasteiger partial charge in [0, 0.05) is 25.0 Å². The van der Waals surface area contributed by atoms with Crippen molar-refractivity contribution in [3.8, 4) is 0 Å².